The van der Waals surface area contributed by atoms with Gasteiger partial charge in [-0.1, -0.05) is 19.1 Å². The SMILES string of the molecule is CC[C@@H](C)NC(=O)c1nc(OCC2(C#N)CC2)nc(N2CCC(COC3=C/C(c4cn(C)cn4)=C\CCC=C3N)CC2)n1. The Hall–Kier alpha value is -4.40. The highest BCUT2D eigenvalue weighted by Gasteiger charge is 2.44. The molecular formula is C31H41N9O3. The summed E-state index contributed by atoms with van der Waals surface area (Å²) < 4.78 is 14.1. The normalized spacial score (nSPS) is 20.3. The number of ether oxygens (including phenoxy) is 2. The van der Waals surface area contributed by atoms with Crippen LogP contribution in [0, 0.1) is 22.7 Å². The molecule has 0 aromatic carbocycles. The second-order valence-corrected chi connectivity index (χ2v) is 11.8. The lowest BCUT2D eigenvalue weighted by molar-refractivity contribution is 0.0926. The number of nitrogens with two attached hydrogens (primary N) is 1. The highest BCUT2D eigenvalue weighted by Crippen LogP contribution is 2.44. The Morgan fingerprint density at radius 3 is 2.65 bits per heavy atom. The molecule has 0 bridgehead atoms. The fourth-order valence-corrected chi connectivity index (χ4v) is 4.92. The molecule has 1 atom stereocenters. The van der Waals surface area contributed by atoms with Crippen molar-refractivity contribution in [2.24, 2.45) is 24.1 Å². The van der Waals surface area contributed by atoms with E-state index in [0.29, 0.717) is 43.0 Å². The Labute approximate surface area is 252 Å². The number of hydrogen-bond acceptors (Lipinski definition) is 10. The van der Waals surface area contributed by atoms with Gasteiger partial charge in [0.1, 0.15) is 12.4 Å². The van der Waals surface area contributed by atoms with E-state index in [1.165, 1.54) is 0 Å². The summed E-state index contributed by atoms with van der Waals surface area (Å²) in [7, 11) is 1.95. The Morgan fingerprint density at radius 2 is 1.98 bits per heavy atom. The molecule has 1 aliphatic heterocycles. The van der Waals surface area contributed by atoms with Crippen molar-refractivity contribution in [3.05, 3.63) is 53.7 Å². The number of carbonyl (C=O) groups excluding carboxylic acids is 1. The van der Waals surface area contributed by atoms with Gasteiger partial charge < -0.3 is 30.0 Å². The molecule has 3 aliphatic rings. The molecule has 0 unspecified atom stereocenters. The van der Waals surface area contributed by atoms with Gasteiger partial charge in [0.05, 0.1) is 35.8 Å². The Balaban J connectivity index is 1.24. The molecule has 12 heteroatoms. The number of nitrogens with one attached hydrogen (secondary N) is 1. The fraction of sp³-hybridized carbons (Fsp3) is 0.548. The van der Waals surface area contributed by atoms with Crippen LogP contribution in [0.4, 0.5) is 5.95 Å². The van der Waals surface area contributed by atoms with Crippen LogP contribution in [0.3, 0.4) is 0 Å². The minimum atomic E-state index is -0.483. The van der Waals surface area contributed by atoms with Crippen molar-refractivity contribution >= 4 is 17.4 Å². The number of nitrogens with zero attached hydrogens (tertiary/aromatic N) is 7. The van der Waals surface area contributed by atoms with Crippen molar-refractivity contribution in [1.82, 2.24) is 29.8 Å². The van der Waals surface area contributed by atoms with Gasteiger partial charge in [-0.05, 0) is 63.9 Å². The van der Waals surface area contributed by atoms with Crippen LogP contribution >= 0.6 is 0 Å². The van der Waals surface area contributed by atoms with Crippen LogP contribution in [0.15, 0.2) is 42.2 Å². The minimum Gasteiger partial charge on any atom is -0.491 e. The molecule has 1 amide bonds. The number of imidazole rings is 1. The lowest BCUT2D eigenvalue weighted by Gasteiger charge is -2.32. The van der Waals surface area contributed by atoms with Crippen LogP contribution < -0.4 is 20.7 Å². The summed E-state index contributed by atoms with van der Waals surface area (Å²) in [6, 6.07) is 2.36. The summed E-state index contributed by atoms with van der Waals surface area (Å²) >= 11 is 0. The molecule has 228 valence electrons. The molecule has 43 heavy (non-hydrogen) atoms. The van der Waals surface area contributed by atoms with E-state index in [4.69, 9.17) is 15.2 Å². The van der Waals surface area contributed by atoms with E-state index in [1.54, 1.807) is 6.33 Å². The lowest BCUT2D eigenvalue weighted by Crippen LogP contribution is -2.38. The Bertz CT molecular complexity index is 1440. The van der Waals surface area contributed by atoms with Crippen molar-refractivity contribution in [3.63, 3.8) is 0 Å². The van der Waals surface area contributed by atoms with Crippen molar-refractivity contribution < 1.29 is 14.3 Å². The van der Waals surface area contributed by atoms with E-state index >= 15 is 0 Å². The molecule has 5 rings (SSSR count). The Morgan fingerprint density at radius 1 is 1.21 bits per heavy atom. The summed E-state index contributed by atoms with van der Waals surface area (Å²) in [6.07, 6.45) is 15.7. The standard InChI is InChI=1S/C31H41N9O3/c1-4-21(2)35-28(41)27-36-29(38-30(37-27)43-19-31(18-32)11-12-31)40-13-9-22(10-14-40)17-42-26-15-23(7-5-6-8-24(26)33)25-16-39(3)20-34-25/h7-8,15-16,20-22H,4-6,9-14,17,19,33H2,1-3H3,(H,35,41)/b23-7+,24-8?,26-15?/t21-/m1/s1. The number of hydrogen-bond donors (Lipinski definition) is 2. The van der Waals surface area contributed by atoms with Crippen LogP contribution in [-0.2, 0) is 11.8 Å². The molecule has 1 saturated carbocycles. The molecule has 1 saturated heterocycles. The number of aryl methyl sites for hydroxylation is 1. The number of carbonyl (C=O) groups is 1. The second-order valence-electron chi connectivity index (χ2n) is 11.8. The quantitative estimate of drug-likeness (QED) is 0.398. The number of piperidine rings is 1. The molecule has 12 nitrogen and oxygen atoms in total. The molecule has 3 heterocycles. The van der Waals surface area contributed by atoms with E-state index in [-0.39, 0.29) is 30.4 Å². The first-order valence-electron chi connectivity index (χ1n) is 15.1. The molecular weight excluding hydrogens is 546 g/mol. The van der Waals surface area contributed by atoms with Gasteiger partial charge in [0.25, 0.3) is 5.91 Å². The van der Waals surface area contributed by atoms with Gasteiger partial charge in [-0.3, -0.25) is 4.79 Å². The zero-order valence-corrected chi connectivity index (χ0v) is 25.3. The van der Waals surface area contributed by atoms with Crippen LogP contribution in [0.5, 0.6) is 6.01 Å². The van der Waals surface area contributed by atoms with Crippen LogP contribution in [0.2, 0.25) is 0 Å². The van der Waals surface area contributed by atoms with Crippen molar-refractivity contribution in [2.45, 2.75) is 64.8 Å². The van der Waals surface area contributed by atoms with Crippen LogP contribution in [0.25, 0.3) is 5.57 Å². The fourth-order valence-electron chi connectivity index (χ4n) is 4.92. The van der Waals surface area contributed by atoms with Gasteiger partial charge in [-0.15, -0.1) is 0 Å². The highest BCUT2D eigenvalue weighted by atomic mass is 16.5. The van der Waals surface area contributed by atoms with Crippen LogP contribution in [0.1, 0.15) is 75.1 Å². The molecule has 2 aromatic heterocycles. The van der Waals surface area contributed by atoms with Gasteiger partial charge in [-0.2, -0.15) is 20.2 Å². The third-order valence-electron chi connectivity index (χ3n) is 8.20. The molecule has 2 fully saturated rings. The number of anilines is 1. The third kappa shape index (κ3) is 7.71. The molecule has 2 aliphatic carbocycles. The maximum atomic E-state index is 12.9. The number of rotatable bonds is 11. The van der Waals surface area contributed by atoms with Crippen molar-refractivity contribution in [1.29, 1.82) is 5.26 Å². The van der Waals surface area contributed by atoms with Crippen molar-refractivity contribution in [2.75, 3.05) is 31.2 Å². The van der Waals surface area contributed by atoms with Gasteiger partial charge in [-0.25, -0.2) is 4.98 Å². The molecule has 3 N–H and O–H groups in total. The molecule has 0 radical (unpaired) electrons. The summed E-state index contributed by atoms with van der Waals surface area (Å²) in [5, 5.41) is 12.4. The smallest absolute Gasteiger partial charge is 0.322 e. The van der Waals surface area contributed by atoms with Gasteiger partial charge in [0.2, 0.25) is 11.8 Å². The Kier molecular flexibility index (Phi) is 9.28. The summed E-state index contributed by atoms with van der Waals surface area (Å²) in [4.78, 5) is 32.8. The average molecular weight is 588 g/mol. The minimum absolute atomic E-state index is 0.0165. The highest BCUT2D eigenvalue weighted by molar-refractivity contribution is 5.91. The van der Waals surface area contributed by atoms with Crippen molar-refractivity contribution in [3.8, 4) is 12.1 Å². The first-order chi connectivity index (χ1) is 20.8. The molecule has 0 spiro atoms. The summed E-state index contributed by atoms with van der Waals surface area (Å²) in [5.41, 5.74) is 8.44. The van der Waals surface area contributed by atoms with E-state index in [0.717, 1.165) is 56.2 Å². The second kappa shape index (κ2) is 13.3. The van der Waals surface area contributed by atoms with Gasteiger partial charge in [0, 0.05) is 37.9 Å². The largest absolute Gasteiger partial charge is 0.491 e. The zero-order valence-electron chi connectivity index (χ0n) is 25.3. The lowest BCUT2D eigenvalue weighted by atomic mass is 9.98. The predicted molar refractivity (Wildman–Crippen MR) is 161 cm³/mol. The maximum Gasteiger partial charge on any atom is 0.322 e. The van der Waals surface area contributed by atoms with E-state index in [9.17, 15) is 10.1 Å². The molecule has 2 aromatic rings. The number of allylic oxidation sites excluding steroid dienone is 4. The average Bonchev–Trinajstić information content (AvgIpc) is 3.68. The maximum absolute atomic E-state index is 12.9. The number of nitriles is 1. The predicted octanol–water partition coefficient (Wildman–Crippen LogP) is 3.65. The summed E-state index contributed by atoms with van der Waals surface area (Å²) in [5.74, 6) is 1.03. The van der Waals surface area contributed by atoms with Gasteiger partial charge >= 0.3 is 6.01 Å². The number of amides is 1. The van der Waals surface area contributed by atoms with E-state index in [2.05, 4.69) is 37.4 Å². The summed E-state index contributed by atoms with van der Waals surface area (Å²) in [6.45, 7) is 6.04. The van der Waals surface area contributed by atoms with E-state index < -0.39 is 5.41 Å². The topological polar surface area (TPSA) is 157 Å². The first kappa shape index (κ1) is 30.1. The number of aromatic nitrogens is 5. The first-order valence-corrected chi connectivity index (χ1v) is 15.1. The monoisotopic (exact) mass is 587 g/mol. The van der Waals surface area contributed by atoms with Gasteiger partial charge in [0.15, 0.2) is 0 Å². The van der Waals surface area contributed by atoms with E-state index in [1.807, 2.05) is 48.7 Å². The zero-order chi connectivity index (χ0) is 30.4. The third-order valence-corrected chi connectivity index (χ3v) is 8.20. The van der Waals surface area contributed by atoms with Crippen LogP contribution in [-0.4, -0.2) is 62.8 Å².